The van der Waals surface area contributed by atoms with E-state index in [9.17, 15) is 4.79 Å². The lowest BCUT2D eigenvalue weighted by Crippen LogP contribution is -2.40. The van der Waals surface area contributed by atoms with Gasteiger partial charge in [0.2, 0.25) is 0 Å². The Bertz CT molecular complexity index is 608. The van der Waals surface area contributed by atoms with Gasteiger partial charge in [-0.05, 0) is 37.4 Å². The molecule has 0 spiro atoms. The molecule has 1 aliphatic rings. The number of hydrogen-bond acceptors (Lipinski definition) is 2. The number of carbonyl (C=O) groups is 1. The van der Waals surface area contributed by atoms with E-state index in [1.165, 1.54) is 11.1 Å². The second-order valence-electron chi connectivity index (χ2n) is 6.17. The highest BCUT2D eigenvalue weighted by molar-refractivity contribution is 5.79. The molecule has 2 atom stereocenters. The molecule has 2 nitrogen and oxygen atoms in total. The van der Waals surface area contributed by atoms with Crippen molar-refractivity contribution in [1.82, 2.24) is 4.90 Å². The first-order chi connectivity index (χ1) is 10.8. The van der Waals surface area contributed by atoms with Gasteiger partial charge in [-0.15, -0.1) is 0 Å². The first-order valence-electron chi connectivity index (χ1n) is 8.09. The molecule has 1 heterocycles. The van der Waals surface area contributed by atoms with Crippen molar-refractivity contribution >= 4 is 5.78 Å². The van der Waals surface area contributed by atoms with Crippen molar-refractivity contribution in [2.24, 2.45) is 5.92 Å². The van der Waals surface area contributed by atoms with Crippen LogP contribution in [0.4, 0.5) is 0 Å². The lowest BCUT2D eigenvalue weighted by Gasteiger charge is -2.41. The number of nitrogens with zero attached hydrogens (tertiary/aromatic N) is 1. The molecule has 114 valence electrons. The highest BCUT2D eigenvalue weighted by atomic mass is 16.1. The molecule has 2 aromatic rings. The minimum absolute atomic E-state index is 0.111. The fraction of sp³-hybridized carbons (Fsp3) is 0.350. The number of likely N-dealkylation sites (tertiary alicyclic amines) is 1. The average molecular weight is 293 g/mol. The summed E-state index contributed by atoms with van der Waals surface area (Å²) in [5.41, 5.74) is 2.57. The Hall–Kier alpha value is -1.93. The van der Waals surface area contributed by atoms with Crippen LogP contribution >= 0.6 is 0 Å². The van der Waals surface area contributed by atoms with Gasteiger partial charge in [-0.3, -0.25) is 9.69 Å². The maximum absolute atomic E-state index is 12.2. The smallest absolute Gasteiger partial charge is 0.134 e. The summed E-state index contributed by atoms with van der Waals surface area (Å²) in [6.07, 6.45) is 2.10. The van der Waals surface area contributed by atoms with E-state index >= 15 is 0 Å². The maximum Gasteiger partial charge on any atom is 0.134 e. The molecule has 0 radical (unpaired) electrons. The van der Waals surface area contributed by atoms with Crippen LogP contribution in [0.25, 0.3) is 0 Å². The molecule has 2 heteroatoms. The summed E-state index contributed by atoms with van der Waals surface area (Å²) in [5, 5.41) is 0. The molecule has 3 rings (SSSR count). The van der Waals surface area contributed by atoms with Crippen molar-refractivity contribution in [3.8, 4) is 0 Å². The van der Waals surface area contributed by atoms with Crippen LogP contribution in [0.2, 0.25) is 0 Å². The topological polar surface area (TPSA) is 20.3 Å². The van der Waals surface area contributed by atoms with Gasteiger partial charge in [0.25, 0.3) is 0 Å². The molecule has 0 unspecified atom stereocenters. The van der Waals surface area contributed by atoms with Crippen molar-refractivity contribution < 1.29 is 4.79 Å². The van der Waals surface area contributed by atoms with Crippen LogP contribution in [0.1, 0.15) is 36.9 Å². The molecular formula is C20H23NO. The fourth-order valence-electron chi connectivity index (χ4n) is 3.58. The molecule has 1 fully saturated rings. The van der Waals surface area contributed by atoms with Crippen LogP contribution in [0.3, 0.4) is 0 Å². The van der Waals surface area contributed by atoms with Crippen LogP contribution in [0, 0.1) is 5.92 Å². The molecule has 22 heavy (non-hydrogen) atoms. The standard InChI is InChI=1S/C20H23NO/c1-16(22)19-13-8-14-21(15-17-9-4-2-5-10-17)20(19)18-11-6-3-7-12-18/h2-7,9-12,19-20H,8,13-15H2,1H3/t19-,20+/m1/s1. The quantitative estimate of drug-likeness (QED) is 0.841. The summed E-state index contributed by atoms with van der Waals surface area (Å²) in [4.78, 5) is 14.6. The van der Waals surface area contributed by atoms with Crippen molar-refractivity contribution in [3.05, 3.63) is 71.8 Å². The zero-order valence-corrected chi connectivity index (χ0v) is 13.1. The maximum atomic E-state index is 12.2. The van der Waals surface area contributed by atoms with Crippen LogP contribution < -0.4 is 0 Å². The van der Waals surface area contributed by atoms with Gasteiger partial charge in [0.05, 0.1) is 0 Å². The Kier molecular flexibility index (Phi) is 4.69. The number of piperidine rings is 1. The van der Waals surface area contributed by atoms with E-state index in [1.54, 1.807) is 6.92 Å². The zero-order valence-electron chi connectivity index (χ0n) is 13.1. The van der Waals surface area contributed by atoms with Crippen LogP contribution in [0.15, 0.2) is 60.7 Å². The van der Waals surface area contributed by atoms with Crippen molar-refractivity contribution in [2.45, 2.75) is 32.4 Å². The molecular weight excluding hydrogens is 270 g/mol. The van der Waals surface area contributed by atoms with Crippen LogP contribution in [0.5, 0.6) is 0 Å². The van der Waals surface area contributed by atoms with Crippen LogP contribution in [-0.2, 0) is 11.3 Å². The lowest BCUT2D eigenvalue weighted by atomic mass is 9.82. The van der Waals surface area contributed by atoms with Crippen molar-refractivity contribution in [1.29, 1.82) is 0 Å². The van der Waals surface area contributed by atoms with E-state index in [0.717, 1.165) is 25.9 Å². The largest absolute Gasteiger partial charge is 0.300 e. The third-order valence-electron chi connectivity index (χ3n) is 4.63. The van der Waals surface area contributed by atoms with E-state index in [2.05, 4.69) is 53.4 Å². The Labute approximate surface area is 132 Å². The van der Waals surface area contributed by atoms with E-state index < -0.39 is 0 Å². The zero-order chi connectivity index (χ0) is 15.4. The minimum atomic E-state index is 0.111. The second-order valence-corrected chi connectivity index (χ2v) is 6.17. The molecule has 0 N–H and O–H groups in total. The highest BCUT2D eigenvalue weighted by Gasteiger charge is 2.34. The molecule has 0 aliphatic carbocycles. The predicted molar refractivity (Wildman–Crippen MR) is 89.4 cm³/mol. The van der Waals surface area contributed by atoms with Gasteiger partial charge in [-0.1, -0.05) is 60.7 Å². The van der Waals surface area contributed by atoms with E-state index in [-0.39, 0.29) is 12.0 Å². The van der Waals surface area contributed by atoms with E-state index in [0.29, 0.717) is 5.78 Å². The molecule has 0 aromatic heterocycles. The van der Waals surface area contributed by atoms with E-state index in [4.69, 9.17) is 0 Å². The summed E-state index contributed by atoms with van der Waals surface area (Å²) in [6.45, 7) is 3.70. The number of rotatable bonds is 4. The number of Topliss-reactive ketones (excluding diaryl/α,β-unsaturated/α-hetero) is 1. The van der Waals surface area contributed by atoms with E-state index in [1.807, 2.05) is 12.1 Å². The number of ketones is 1. The summed E-state index contributed by atoms with van der Waals surface area (Å²) in [7, 11) is 0. The van der Waals surface area contributed by atoms with Crippen LogP contribution in [-0.4, -0.2) is 17.2 Å². The molecule has 0 amide bonds. The van der Waals surface area contributed by atoms with Gasteiger partial charge in [-0.2, -0.15) is 0 Å². The SMILES string of the molecule is CC(=O)[C@H]1CCCN(Cc2ccccc2)[C@H]1c1ccccc1. The summed E-state index contributed by atoms with van der Waals surface area (Å²) in [6, 6.07) is 21.2. The fourth-order valence-corrected chi connectivity index (χ4v) is 3.58. The Morgan fingerprint density at radius 2 is 1.68 bits per heavy atom. The first-order valence-corrected chi connectivity index (χ1v) is 8.09. The van der Waals surface area contributed by atoms with Crippen molar-refractivity contribution in [2.75, 3.05) is 6.54 Å². The first kappa shape index (κ1) is 15.0. The van der Waals surface area contributed by atoms with Gasteiger partial charge in [0.15, 0.2) is 0 Å². The molecule has 0 saturated carbocycles. The average Bonchev–Trinajstić information content (AvgIpc) is 2.56. The Balaban J connectivity index is 1.90. The molecule has 2 aromatic carbocycles. The van der Waals surface area contributed by atoms with Gasteiger partial charge < -0.3 is 0 Å². The van der Waals surface area contributed by atoms with Crippen molar-refractivity contribution in [3.63, 3.8) is 0 Å². The third kappa shape index (κ3) is 3.28. The monoisotopic (exact) mass is 293 g/mol. The Morgan fingerprint density at radius 1 is 1.05 bits per heavy atom. The van der Waals surface area contributed by atoms with Gasteiger partial charge in [0.1, 0.15) is 5.78 Å². The predicted octanol–water partition coefficient (Wildman–Crippen LogP) is 4.23. The van der Waals surface area contributed by atoms with Gasteiger partial charge in [-0.25, -0.2) is 0 Å². The summed E-state index contributed by atoms with van der Waals surface area (Å²) >= 11 is 0. The summed E-state index contributed by atoms with van der Waals surface area (Å²) < 4.78 is 0. The molecule has 0 bridgehead atoms. The van der Waals surface area contributed by atoms with Gasteiger partial charge >= 0.3 is 0 Å². The lowest BCUT2D eigenvalue weighted by molar-refractivity contribution is -0.124. The highest BCUT2D eigenvalue weighted by Crippen LogP contribution is 2.37. The third-order valence-corrected chi connectivity index (χ3v) is 4.63. The Morgan fingerprint density at radius 3 is 2.32 bits per heavy atom. The molecule has 1 aliphatic heterocycles. The molecule has 1 saturated heterocycles. The number of carbonyl (C=O) groups excluding carboxylic acids is 1. The number of hydrogen-bond donors (Lipinski definition) is 0. The normalized spacial score (nSPS) is 22.4. The minimum Gasteiger partial charge on any atom is -0.300 e. The number of benzene rings is 2. The van der Waals surface area contributed by atoms with Gasteiger partial charge in [0, 0.05) is 18.5 Å². The second kappa shape index (κ2) is 6.89. The summed E-state index contributed by atoms with van der Waals surface area (Å²) in [5.74, 6) is 0.423.